The van der Waals surface area contributed by atoms with E-state index in [1.165, 1.54) is 5.69 Å². The van der Waals surface area contributed by atoms with Crippen LogP contribution in [0.3, 0.4) is 0 Å². The number of anilines is 1. The van der Waals surface area contributed by atoms with E-state index in [1.54, 1.807) is 0 Å². The topological polar surface area (TPSA) is 58.4 Å². The fraction of sp³-hybridized carbons (Fsp3) is 0.562. The number of nitrogens with zero attached hydrogens (tertiary/aromatic N) is 1. The minimum atomic E-state index is -0.410. The maximum Gasteiger partial charge on any atom is 0.237 e. The summed E-state index contributed by atoms with van der Waals surface area (Å²) in [6.45, 7) is 6.66. The van der Waals surface area contributed by atoms with Crippen LogP contribution in [0.2, 0.25) is 0 Å². The molecule has 1 unspecified atom stereocenters. The summed E-state index contributed by atoms with van der Waals surface area (Å²) in [6.07, 6.45) is 1.10. The third-order valence-electron chi connectivity index (χ3n) is 4.05. The Balaban J connectivity index is 1.82. The molecule has 5 heteroatoms. The highest BCUT2D eigenvalue weighted by Crippen LogP contribution is 2.25. The second kappa shape index (κ2) is 7.27. The summed E-state index contributed by atoms with van der Waals surface area (Å²) in [4.78, 5) is 14.2. The quantitative estimate of drug-likeness (QED) is 0.854. The largest absolute Gasteiger partial charge is 0.371 e. The lowest BCUT2D eigenvalue weighted by Crippen LogP contribution is -2.45. The molecule has 1 aromatic carbocycles. The second-order valence-corrected chi connectivity index (χ2v) is 7.01. The molecule has 1 saturated heterocycles. The maximum atomic E-state index is 11.9. The number of halogens is 1. The standard InChI is InChI=1S/C16H24BrN3O/c1-11(2)15(18)16(21)19-9-12-6-7-20(10-12)14-5-3-4-13(17)8-14/h3-5,8,11-12,15H,6-7,9-10,18H2,1-2H3,(H,19,21)/t12?,15-/m0/s1. The summed E-state index contributed by atoms with van der Waals surface area (Å²) in [5.74, 6) is 0.630. The molecule has 21 heavy (non-hydrogen) atoms. The fourth-order valence-electron chi connectivity index (χ4n) is 2.57. The zero-order valence-electron chi connectivity index (χ0n) is 12.7. The van der Waals surface area contributed by atoms with E-state index in [4.69, 9.17) is 5.73 Å². The molecule has 0 aromatic heterocycles. The van der Waals surface area contributed by atoms with E-state index >= 15 is 0 Å². The highest BCUT2D eigenvalue weighted by Gasteiger charge is 2.24. The van der Waals surface area contributed by atoms with Gasteiger partial charge in [0.1, 0.15) is 0 Å². The first-order valence-corrected chi connectivity index (χ1v) is 8.30. The van der Waals surface area contributed by atoms with Gasteiger partial charge >= 0.3 is 0 Å². The molecule has 3 N–H and O–H groups in total. The summed E-state index contributed by atoms with van der Waals surface area (Å²) >= 11 is 3.51. The van der Waals surface area contributed by atoms with Crippen molar-refractivity contribution in [2.75, 3.05) is 24.5 Å². The lowest BCUT2D eigenvalue weighted by molar-refractivity contribution is -0.123. The monoisotopic (exact) mass is 353 g/mol. The molecule has 0 spiro atoms. The van der Waals surface area contributed by atoms with Gasteiger partial charge in [0, 0.05) is 29.8 Å². The van der Waals surface area contributed by atoms with Gasteiger partial charge in [-0.05, 0) is 36.5 Å². The van der Waals surface area contributed by atoms with Gasteiger partial charge in [0.15, 0.2) is 0 Å². The molecule has 0 radical (unpaired) electrons. The molecule has 0 bridgehead atoms. The Hall–Kier alpha value is -1.07. The van der Waals surface area contributed by atoms with Crippen LogP contribution in [-0.2, 0) is 4.79 Å². The van der Waals surface area contributed by atoms with Gasteiger partial charge in [-0.15, -0.1) is 0 Å². The Bertz CT molecular complexity index is 492. The van der Waals surface area contributed by atoms with Crippen LogP contribution in [0.5, 0.6) is 0 Å². The Morgan fingerprint density at radius 1 is 1.52 bits per heavy atom. The van der Waals surface area contributed by atoms with Crippen LogP contribution >= 0.6 is 15.9 Å². The number of nitrogens with one attached hydrogen (secondary N) is 1. The van der Waals surface area contributed by atoms with E-state index in [0.717, 1.165) is 24.0 Å². The van der Waals surface area contributed by atoms with Gasteiger partial charge in [-0.1, -0.05) is 35.8 Å². The van der Waals surface area contributed by atoms with Crippen molar-refractivity contribution in [3.63, 3.8) is 0 Å². The Kier molecular flexibility index (Phi) is 5.65. The van der Waals surface area contributed by atoms with Gasteiger partial charge in [-0.3, -0.25) is 4.79 Å². The Labute approximate surface area is 135 Å². The van der Waals surface area contributed by atoms with Gasteiger partial charge in [0.25, 0.3) is 0 Å². The van der Waals surface area contributed by atoms with Crippen LogP contribution in [0.1, 0.15) is 20.3 Å². The average molecular weight is 354 g/mol. The molecule has 1 amide bonds. The normalized spacial score (nSPS) is 19.9. The van der Waals surface area contributed by atoms with Gasteiger partial charge in [-0.2, -0.15) is 0 Å². The molecule has 0 saturated carbocycles. The molecule has 4 nitrogen and oxygen atoms in total. The number of nitrogens with two attached hydrogens (primary N) is 1. The first-order valence-electron chi connectivity index (χ1n) is 7.51. The van der Waals surface area contributed by atoms with Crippen LogP contribution in [0.25, 0.3) is 0 Å². The van der Waals surface area contributed by atoms with Crippen LogP contribution in [0.4, 0.5) is 5.69 Å². The zero-order chi connectivity index (χ0) is 15.4. The summed E-state index contributed by atoms with van der Waals surface area (Å²) in [5, 5.41) is 2.99. The first kappa shape index (κ1) is 16.3. The number of hydrogen-bond donors (Lipinski definition) is 2. The van der Waals surface area contributed by atoms with E-state index < -0.39 is 6.04 Å². The lowest BCUT2D eigenvalue weighted by Gasteiger charge is -2.20. The van der Waals surface area contributed by atoms with Crippen molar-refractivity contribution in [2.45, 2.75) is 26.3 Å². The van der Waals surface area contributed by atoms with Crippen molar-refractivity contribution in [1.29, 1.82) is 0 Å². The number of hydrogen-bond acceptors (Lipinski definition) is 3. The molecule has 1 aliphatic rings. The number of amides is 1. The molecule has 1 heterocycles. The summed E-state index contributed by atoms with van der Waals surface area (Å²) < 4.78 is 1.10. The molecular weight excluding hydrogens is 330 g/mol. The minimum absolute atomic E-state index is 0.0362. The molecule has 2 atom stereocenters. The molecule has 0 aliphatic carbocycles. The third kappa shape index (κ3) is 4.45. The SMILES string of the molecule is CC(C)[C@H](N)C(=O)NCC1CCN(c2cccc(Br)c2)C1. The molecule has 116 valence electrons. The van der Waals surface area contributed by atoms with E-state index in [0.29, 0.717) is 12.5 Å². The highest BCUT2D eigenvalue weighted by molar-refractivity contribution is 9.10. The van der Waals surface area contributed by atoms with Crippen molar-refractivity contribution in [2.24, 2.45) is 17.6 Å². The predicted octanol–water partition coefficient (Wildman–Crippen LogP) is 2.37. The van der Waals surface area contributed by atoms with Crippen LogP contribution in [0.15, 0.2) is 28.7 Å². The second-order valence-electron chi connectivity index (χ2n) is 6.10. The van der Waals surface area contributed by atoms with Crippen molar-refractivity contribution >= 4 is 27.5 Å². The minimum Gasteiger partial charge on any atom is -0.371 e. The Morgan fingerprint density at radius 3 is 2.95 bits per heavy atom. The molecule has 1 aromatic rings. The fourth-order valence-corrected chi connectivity index (χ4v) is 2.96. The van der Waals surface area contributed by atoms with E-state index in [9.17, 15) is 4.79 Å². The third-order valence-corrected chi connectivity index (χ3v) is 4.54. The van der Waals surface area contributed by atoms with Gasteiger partial charge < -0.3 is 16.0 Å². The summed E-state index contributed by atoms with van der Waals surface area (Å²) in [6, 6.07) is 7.93. The number of carbonyl (C=O) groups is 1. The van der Waals surface area contributed by atoms with Crippen LogP contribution < -0.4 is 16.0 Å². The molecular formula is C16H24BrN3O. The van der Waals surface area contributed by atoms with Crippen molar-refractivity contribution in [1.82, 2.24) is 5.32 Å². The van der Waals surface area contributed by atoms with Crippen molar-refractivity contribution in [3.8, 4) is 0 Å². The van der Waals surface area contributed by atoms with Gasteiger partial charge in [0.05, 0.1) is 6.04 Å². The predicted molar refractivity (Wildman–Crippen MR) is 90.3 cm³/mol. The summed E-state index contributed by atoms with van der Waals surface area (Å²) in [7, 11) is 0. The number of carbonyl (C=O) groups excluding carboxylic acids is 1. The lowest BCUT2D eigenvalue weighted by atomic mass is 10.0. The molecule has 1 fully saturated rings. The zero-order valence-corrected chi connectivity index (χ0v) is 14.3. The Morgan fingerprint density at radius 2 is 2.29 bits per heavy atom. The van der Waals surface area contributed by atoms with Crippen molar-refractivity contribution in [3.05, 3.63) is 28.7 Å². The van der Waals surface area contributed by atoms with Crippen molar-refractivity contribution < 1.29 is 4.79 Å². The maximum absolute atomic E-state index is 11.9. The summed E-state index contributed by atoms with van der Waals surface area (Å²) in [5.41, 5.74) is 7.09. The van der Waals surface area contributed by atoms with Crippen LogP contribution in [-0.4, -0.2) is 31.6 Å². The number of rotatable bonds is 5. The van der Waals surface area contributed by atoms with Gasteiger partial charge in [0.2, 0.25) is 5.91 Å². The average Bonchev–Trinajstić information content (AvgIpc) is 2.92. The number of benzene rings is 1. The highest BCUT2D eigenvalue weighted by atomic mass is 79.9. The smallest absolute Gasteiger partial charge is 0.237 e. The molecule has 2 rings (SSSR count). The van der Waals surface area contributed by atoms with E-state index in [1.807, 2.05) is 19.9 Å². The van der Waals surface area contributed by atoms with E-state index in [2.05, 4.69) is 44.3 Å². The first-order chi connectivity index (χ1) is 9.97. The van der Waals surface area contributed by atoms with Gasteiger partial charge in [-0.25, -0.2) is 0 Å². The van der Waals surface area contributed by atoms with Crippen LogP contribution in [0, 0.1) is 11.8 Å². The molecule has 1 aliphatic heterocycles. The van der Waals surface area contributed by atoms with E-state index in [-0.39, 0.29) is 11.8 Å².